The fourth-order valence-corrected chi connectivity index (χ4v) is 7.67. The molecule has 1 spiro atoms. The van der Waals surface area contributed by atoms with Crippen LogP contribution in [0, 0.1) is 34.0 Å². The Labute approximate surface area is 137 Å². The number of esters is 1. The zero-order valence-corrected chi connectivity index (χ0v) is 14.6. The van der Waals surface area contributed by atoms with Crippen LogP contribution in [0.3, 0.4) is 0 Å². The Morgan fingerprint density at radius 2 is 1.83 bits per heavy atom. The minimum absolute atomic E-state index is 0.0871. The average molecular weight is 320 g/mol. The molecule has 5 rings (SSSR count). The predicted octanol–water partition coefficient (Wildman–Crippen LogP) is 2.88. The first kappa shape index (κ1) is 14.7. The molecule has 4 heteroatoms. The van der Waals surface area contributed by atoms with E-state index in [0.717, 1.165) is 19.3 Å². The largest absolute Gasteiger partial charge is 0.435 e. The van der Waals surface area contributed by atoms with E-state index in [-0.39, 0.29) is 28.3 Å². The molecule has 23 heavy (non-hydrogen) atoms. The van der Waals surface area contributed by atoms with Crippen LogP contribution >= 0.6 is 0 Å². The van der Waals surface area contributed by atoms with Gasteiger partial charge in [0, 0.05) is 10.8 Å². The summed E-state index contributed by atoms with van der Waals surface area (Å²) in [7, 11) is 0. The smallest absolute Gasteiger partial charge is 0.314 e. The molecule has 1 N–H and O–H groups in total. The summed E-state index contributed by atoms with van der Waals surface area (Å²) in [4.78, 5) is 12.4. The molecule has 2 saturated heterocycles. The number of carbonyl (C=O) groups is 1. The van der Waals surface area contributed by atoms with Crippen LogP contribution in [0.15, 0.2) is 0 Å². The number of hydrogen-bond acceptors (Lipinski definition) is 4. The third-order valence-corrected chi connectivity index (χ3v) is 8.84. The highest BCUT2D eigenvalue weighted by molar-refractivity contribution is 5.77. The summed E-state index contributed by atoms with van der Waals surface area (Å²) in [6.45, 7) is 8.47. The van der Waals surface area contributed by atoms with Crippen LogP contribution in [0.5, 0.6) is 0 Å². The first-order valence-corrected chi connectivity index (χ1v) is 9.24. The van der Waals surface area contributed by atoms with E-state index in [1.807, 2.05) is 13.8 Å². The van der Waals surface area contributed by atoms with Gasteiger partial charge in [0.25, 0.3) is 0 Å². The van der Waals surface area contributed by atoms with Gasteiger partial charge in [-0.05, 0) is 70.6 Å². The highest BCUT2D eigenvalue weighted by Crippen LogP contribution is 2.77. The van der Waals surface area contributed by atoms with Gasteiger partial charge in [-0.3, -0.25) is 4.79 Å². The summed E-state index contributed by atoms with van der Waals surface area (Å²) in [5.74, 6) is 1.02. The Balaban J connectivity index is 1.62. The predicted molar refractivity (Wildman–Crippen MR) is 83.3 cm³/mol. The van der Waals surface area contributed by atoms with E-state index in [4.69, 9.17) is 9.47 Å². The van der Waals surface area contributed by atoms with Crippen molar-refractivity contribution in [2.24, 2.45) is 34.0 Å². The second kappa shape index (κ2) is 3.80. The fourth-order valence-electron chi connectivity index (χ4n) is 7.67. The van der Waals surface area contributed by atoms with Crippen LogP contribution in [0.25, 0.3) is 0 Å². The number of carbonyl (C=O) groups excluding carboxylic acids is 1. The Bertz CT molecular complexity index is 600. The summed E-state index contributed by atoms with van der Waals surface area (Å²) in [5.41, 5.74) is -0.579. The third kappa shape index (κ3) is 1.38. The molecule has 2 aliphatic heterocycles. The average Bonchev–Trinajstić information content (AvgIpc) is 3.15. The van der Waals surface area contributed by atoms with E-state index in [9.17, 15) is 9.90 Å². The monoisotopic (exact) mass is 320 g/mol. The van der Waals surface area contributed by atoms with E-state index in [0.29, 0.717) is 17.9 Å². The standard InChI is InChI=1S/C19H28O4/c1-16(2)11-7-8-19-9-10(18(4)13(19)23-18)5-6-12(19)17(11,3)15(21)22-14(16)20/h10-13,15,21H,5-9H2,1-4H3/t10-,11+,12+,13-,15+,17+,18-,19-/m0/s1. The summed E-state index contributed by atoms with van der Waals surface area (Å²) in [6, 6.07) is 0. The lowest BCUT2D eigenvalue weighted by Gasteiger charge is -2.63. The van der Waals surface area contributed by atoms with Crippen LogP contribution < -0.4 is 0 Å². The Kier molecular flexibility index (Phi) is 2.43. The van der Waals surface area contributed by atoms with Crippen LogP contribution in [-0.4, -0.2) is 29.1 Å². The van der Waals surface area contributed by atoms with Crippen molar-refractivity contribution >= 4 is 5.97 Å². The summed E-state index contributed by atoms with van der Waals surface area (Å²) >= 11 is 0. The normalized spacial score (nSPS) is 62.0. The van der Waals surface area contributed by atoms with Gasteiger partial charge in [-0.1, -0.05) is 6.92 Å². The maximum atomic E-state index is 12.4. The Hall–Kier alpha value is -0.610. The fraction of sp³-hybridized carbons (Fsp3) is 0.947. The van der Waals surface area contributed by atoms with Crippen molar-refractivity contribution in [3.8, 4) is 0 Å². The zero-order valence-electron chi connectivity index (χ0n) is 14.6. The molecule has 0 aromatic carbocycles. The van der Waals surface area contributed by atoms with Gasteiger partial charge in [0.15, 0.2) is 0 Å². The van der Waals surface area contributed by atoms with E-state index < -0.39 is 11.7 Å². The van der Waals surface area contributed by atoms with Gasteiger partial charge in [-0.25, -0.2) is 0 Å². The molecule has 0 unspecified atom stereocenters. The molecule has 5 aliphatic rings. The lowest BCUT2D eigenvalue weighted by molar-refractivity contribution is -0.287. The number of aliphatic hydroxyl groups is 1. The summed E-state index contributed by atoms with van der Waals surface area (Å²) < 4.78 is 11.7. The lowest BCUT2D eigenvalue weighted by Crippen LogP contribution is -2.65. The third-order valence-electron chi connectivity index (χ3n) is 8.84. The molecule has 2 heterocycles. The second-order valence-corrected chi connectivity index (χ2v) is 9.88. The van der Waals surface area contributed by atoms with Gasteiger partial charge in [0.1, 0.15) is 0 Å². The SMILES string of the molecule is CC1(C)C(=O)O[C@@H](O)[C@]2(C)[C@@H]1CC[C@]13C[C@H](CC[C@@H]12)[C@]1(C)O[C@H]31. The first-order valence-electron chi connectivity index (χ1n) is 9.24. The molecule has 0 aromatic rings. The first-order chi connectivity index (χ1) is 10.7. The van der Waals surface area contributed by atoms with Crippen molar-refractivity contribution in [3.05, 3.63) is 0 Å². The van der Waals surface area contributed by atoms with Gasteiger partial charge in [0.05, 0.1) is 17.1 Å². The van der Waals surface area contributed by atoms with Crippen LogP contribution in [0.2, 0.25) is 0 Å². The quantitative estimate of drug-likeness (QED) is 0.551. The molecular formula is C19H28O4. The summed E-state index contributed by atoms with van der Waals surface area (Å²) in [5, 5.41) is 10.8. The molecule has 0 radical (unpaired) electrons. The van der Waals surface area contributed by atoms with Crippen LogP contribution in [0.1, 0.15) is 59.8 Å². The maximum absolute atomic E-state index is 12.4. The topological polar surface area (TPSA) is 59.1 Å². The zero-order chi connectivity index (χ0) is 16.4. The van der Waals surface area contributed by atoms with Crippen molar-refractivity contribution in [2.45, 2.75) is 77.8 Å². The molecular weight excluding hydrogens is 292 g/mol. The van der Waals surface area contributed by atoms with E-state index in [1.54, 1.807) is 0 Å². The minimum Gasteiger partial charge on any atom is -0.435 e. The van der Waals surface area contributed by atoms with Gasteiger partial charge in [-0.15, -0.1) is 0 Å². The highest BCUT2D eigenvalue weighted by atomic mass is 16.6. The Morgan fingerprint density at radius 3 is 2.57 bits per heavy atom. The summed E-state index contributed by atoms with van der Waals surface area (Å²) in [6.07, 6.45) is 5.08. The Morgan fingerprint density at radius 1 is 1.09 bits per heavy atom. The highest BCUT2D eigenvalue weighted by Gasteiger charge is 2.80. The molecule has 3 aliphatic carbocycles. The second-order valence-electron chi connectivity index (χ2n) is 9.88. The molecule has 0 amide bonds. The molecule has 3 saturated carbocycles. The van der Waals surface area contributed by atoms with Gasteiger partial charge >= 0.3 is 5.97 Å². The van der Waals surface area contributed by atoms with E-state index >= 15 is 0 Å². The van der Waals surface area contributed by atoms with Crippen LogP contribution in [0.4, 0.5) is 0 Å². The maximum Gasteiger partial charge on any atom is 0.314 e. The van der Waals surface area contributed by atoms with Crippen molar-refractivity contribution in [1.82, 2.24) is 0 Å². The molecule has 128 valence electrons. The van der Waals surface area contributed by atoms with Crippen molar-refractivity contribution in [1.29, 1.82) is 0 Å². The molecule has 4 nitrogen and oxygen atoms in total. The van der Waals surface area contributed by atoms with Crippen molar-refractivity contribution in [2.75, 3.05) is 0 Å². The number of aliphatic hydroxyl groups excluding tert-OH is 1. The molecule has 0 aromatic heterocycles. The van der Waals surface area contributed by atoms with E-state index in [2.05, 4.69) is 13.8 Å². The van der Waals surface area contributed by atoms with Gasteiger partial charge in [-0.2, -0.15) is 0 Å². The van der Waals surface area contributed by atoms with Crippen molar-refractivity contribution < 1.29 is 19.4 Å². The van der Waals surface area contributed by atoms with Gasteiger partial charge in [0.2, 0.25) is 6.29 Å². The lowest BCUT2D eigenvalue weighted by atomic mass is 9.43. The number of hydrogen-bond donors (Lipinski definition) is 1. The van der Waals surface area contributed by atoms with Gasteiger partial charge < -0.3 is 14.6 Å². The number of rotatable bonds is 0. The number of epoxide rings is 1. The molecule has 5 fully saturated rings. The van der Waals surface area contributed by atoms with E-state index in [1.165, 1.54) is 12.8 Å². The van der Waals surface area contributed by atoms with Crippen LogP contribution in [-0.2, 0) is 14.3 Å². The van der Waals surface area contributed by atoms with Crippen molar-refractivity contribution in [3.63, 3.8) is 0 Å². The molecule has 2 bridgehead atoms. The number of ether oxygens (including phenoxy) is 2. The minimum atomic E-state index is -0.975. The number of cyclic esters (lactones) is 1. The number of fused-ring (bicyclic) bond motifs is 5. The molecule has 8 atom stereocenters.